The first-order valence-corrected chi connectivity index (χ1v) is 7.74. The Kier molecular flexibility index (Phi) is 5.97. The third kappa shape index (κ3) is 4.19. The minimum Gasteiger partial charge on any atom is -0.352 e. The number of amides is 2. The largest absolute Gasteiger partial charge is 0.352 e. The standard InChI is InChI=1S/C18H16F4N2O2/c1-9(2)8-23-17(25)10-5-3-4-6-13(10)24-18(26)11-7-12(19)15(21)16(22)14(11)20/h3-7,9H,8H2,1-2H3,(H,23,25)(H,24,26). The molecule has 2 aromatic carbocycles. The number of rotatable bonds is 5. The molecule has 2 rings (SSSR count). The van der Waals surface area contributed by atoms with Gasteiger partial charge in [-0.2, -0.15) is 0 Å². The maximum absolute atomic E-state index is 13.7. The Labute approximate surface area is 147 Å². The first-order chi connectivity index (χ1) is 12.2. The number of carbonyl (C=O) groups is 2. The summed E-state index contributed by atoms with van der Waals surface area (Å²) in [6.45, 7) is 4.19. The third-order valence-corrected chi connectivity index (χ3v) is 3.44. The van der Waals surface area contributed by atoms with Crippen LogP contribution in [0.15, 0.2) is 30.3 Å². The van der Waals surface area contributed by atoms with Crippen molar-refractivity contribution in [2.24, 2.45) is 5.92 Å². The zero-order chi connectivity index (χ0) is 19.4. The van der Waals surface area contributed by atoms with Crippen molar-refractivity contribution in [3.8, 4) is 0 Å². The topological polar surface area (TPSA) is 58.2 Å². The lowest BCUT2D eigenvalue weighted by atomic mass is 10.1. The Morgan fingerprint density at radius 2 is 1.58 bits per heavy atom. The summed E-state index contributed by atoms with van der Waals surface area (Å²) < 4.78 is 53.3. The quantitative estimate of drug-likeness (QED) is 0.478. The molecule has 138 valence electrons. The highest BCUT2D eigenvalue weighted by Gasteiger charge is 2.24. The van der Waals surface area contributed by atoms with Gasteiger partial charge in [0.2, 0.25) is 0 Å². The van der Waals surface area contributed by atoms with Gasteiger partial charge in [-0.15, -0.1) is 0 Å². The number of carbonyl (C=O) groups excluding carboxylic acids is 2. The van der Waals surface area contributed by atoms with Crippen LogP contribution >= 0.6 is 0 Å². The second-order valence-corrected chi connectivity index (χ2v) is 5.95. The van der Waals surface area contributed by atoms with Crippen LogP contribution in [0.3, 0.4) is 0 Å². The average molecular weight is 368 g/mol. The van der Waals surface area contributed by atoms with Crippen molar-refractivity contribution in [3.63, 3.8) is 0 Å². The Morgan fingerprint density at radius 1 is 0.923 bits per heavy atom. The zero-order valence-electron chi connectivity index (χ0n) is 14.0. The molecular weight excluding hydrogens is 352 g/mol. The number of para-hydroxylation sites is 1. The Balaban J connectivity index is 2.30. The van der Waals surface area contributed by atoms with Gasteiger partial charge >= 0.3 is 0 Å². The molecule has 0 aliphatic heterocycles. The molecule has 0 atom stereocenters. The van der Waals surface area contributed by atoms with Gasteiger partial charge in [0.1, 0.15) is 0 Å². The van der Waals surface area contributed by atoms with Crippen LogP contribution in [0, 0.1) is 29.2 Å². The Hall–Kier alpha value is -2.90. The van der Waals surface area contributed by atoms with Gasteiger partial charge < -0.3 is 10.6 Å². The van der Waals surface area contributed by atoms with Gasteiger partial charge in [-0.1, -0.05) is 26.0 Å². The van der Waals surface area contributed by atoms with Gasteiger partial charge in [-0.25, -0.2) is 17.6 Å². The van der Waals surface area contributed by atoms with Gasteiger partial charge in [-0.05, 0) is 24.1 Å². The minimum atomic E-state index is -2.09. The molecule has 2 amide bonds. The SMILES string of the molecule is CC(C)CNC(=O)c1ccccc1NC(=O)c1cc(F)c(F)c(F)c1F. The maximum atomic E-state index is 13.7. The van der Waals surface area contributed by atoms with Crippen LogP contribution in [0.1, 0.15) is 34.6 Å². The first-order valence-electron chi connectivity index (χ1n) is 7.74. The van der Waals surface area contributed by atoms with Gasteiger partial charge in [0.05, 0.1) is 16.8 Å². The molecule has 0 heterocycles. The molecule has 2 aromatic rings. The molecule has 0 fully saturated rings. The predicted molar refractivity (Wildman–Crippen MR) is 87.8 cm³/mol. The van der Waals surface area contributed by atoms with Crippen molar-refractivity contribution < 1.29 is 27.2 Å². The predicted octanol–water partition coefficient (Wildman–Crippen LogP) is 3.88. The number of hydrogen-bond donors (Lipinski definition) is 2. The molecule has 2 N–H and O–H groups in total. The summed E-state index contributed by atoms with van der Waals surface area (Å²) in [6, 6.07) is 6.11. The summed E-state index contributed by atoms with van der Waals surface area (Å²) in [5, 5.41) is 4.87. The van der Waals surface area contributed by atoms with E-state index in [2.05, 4.69) is 10.6 Å². The van der Waals surface area contributed by atoms with Crippen molar-refractivity contribution in [3.05, 3.63) is 64.7 Å². The summed E-state index contributed by atoms with van der Waals surface area (Å²) in [7, 11) is 0. The monoisotopic (exact) mass is 368 g/mol. The molecule has 0 aliphatic carbocycles. The Bertz CT molecular complexity index is 853. The van der Waals surface area contributed by atoms with Crippen LogP contribution in [-0.2, 0) is 0 Å². The van der Waals surface area contributed by atoms with Crippen LogP contribution in [-0.4, -0.2) is 18.4 Å². The van der Waals surface area contributed by atoms with E-state index in [0.717, 1.165) is 0 Å². The molecule has 0 saturated carbocycles. The highest BCUT2D eigenvalue weighted by molar-refractivity contribution is 6.09. The van der Waals surface area contributed by atoms with E-state index in [1.54, 1.807) is 6.07 Å². The lowest BCUT2D eigenvalue weighted by Gasteiger charge is -2.13. The number of nitrogens with one attached hydrogen (secondary N) is 2. The fourth-order valence-electron chi connectivity index (χ4n) is 2.11. The van der Waals surface area contributed by atoms with Crippen molar-refractivity contribution in [1.29, 1.82) is 0 Å². The van der Waals surface area contributed by atoms with E-state index < -0.39 is 40.6 Å². The number of benzene rings is 2. The van der Waals surface area contributed by atoms with Gasteiger partial charge in [0, 0.05) is 6.54 Å². The van der Waals surface area contributed by atoms with Crippen LogP contribution in [0.4, 0.5) is 23.2 Å². The summed E-state index contributed by atoms with van der Waals surface area (Å²) in [5.74, 6) is -9.11. The lowest BCUT2D eigenvalue weighted by Crippen LogP contribution is -2.28. The summed E-state index contributed by atoms with van der Waals surface area (Å²) in [4.78, 5) is 24.4. The van der Waals surface area contributed by atoms with Crippen molar-refractivity contribution in [2.45, 2.75) is 13.8 Å². The highest BCUT2D eigenvalue weighted by atomic mass is 19.2. The first kappa shape index (κ1) is 19.4. The van der Waals surface area contributed by atoms with Crippen LogP contribution in [0.2, 0.25) is 0 Å². The number of halogens is 4. The van der Waals surface area contributed by atoms with Crippen molar-refractivity contribution in [1.82, 2.24) is 5.32 Å². The summed E-state index contributed by atoms with van der Waals surface area (Å²) >= 11 is 0. The molecular formula is C18H16F4N2O2. The fourth-order valence-corrected chi connectivity index (χ4v) is 2.11. The molecule has 0 bridgehead atoms. The van der Waals surface area contributed by atoms with E-state index in [-0.39, 0.29) is 23.2 Å². The third-order valence-electron chi connectivity index (χ3n) is 3.44. The van der Waals surface area contributed by atoms with E-state index in [1.165, 1.54) is 18.2 Å². The smallest absolute Gasteiger partial charge is 0.258 e. The second kappa shape index (κ2) is 7.99. The van der Waals surface area contributed by atoms with E-state index in [0.29, 0.717) is 6.54 Å². The van der Waals surface area contributed by atoms with E-state index in [4.69, 9.17) is 0 Å². The van der Waals surface area contributed by atoms with Gasteiger partial charge in [0.25, 0.3) is 11.8 Å². The summed E-state index contributed by atoms with van der Waals surface area (Å²) in [5.41, 5.74) is -0.910. The van der Waals surface area contributed by atoms with Crippen molar-refractivity contribution in [2.75, 3.05) is 11.9 Å². The Morgan fingerprint density at radius 3 is 2.23 bits per heavy atom. The highest BCUT2D eigenvalue weighted by Crippen LogP contribution is 2.21. The van der Waals surface area contributed by atoms with Gasteiger partial charge in [-0.3, -0.25) is 9.59 Å². The molecule has 8 heteroatoms. The molecule has 0 aromatic heterocycles. The molecule has 0 radical (unpaired) electrons. The van der Waals surface area contributed by atoms with Gasteiger partial charge in [0.15, 0.2) is 23.3 Å². The maximum Gasteiger partial charge on any atom is 0.258 e. The van der Waals surface area contributed by atoms with E-state index >= 15 is 0 Å². The summed E-state index contributed by atoms with van der Waals surface area (Å²) in [6.07, 6.45) is 0. The second-order valence-electron chi connectivity index (χ2n) is 5.95. The number of hydrogen-bond acceptors (Lipinski definition) is 2. The molecule has 0 unspecified atom stereocenters. The normalized spacial score (nSPS) is 10.7. The molecule has 0 spiro atoms. The van der Waals surface area contributed by atoms with Crippen LogP contribution in [0.25, 0.3) is 0 Å². The zero-order valence-corrected chi connectivity index (χ0v) is 14.0. The minimum absolute atomic E-state index is 0.0169. The van der Waals surface area contributed by atoms with E-state index in [1.807, 2.05) is 13.8 Å². The molecule has 26 heavy (non-hydrogen) atoms. The van der Waals surface area contributed by atoms with Crippen molar-refractivity contribution >= 4 is 17.5 Å². The fraction of sp³-hybridized carbons (Fsp3) is 0.222. The molecule has 0 saturated heterocycles. The lowest BCUT2D eigenvalue weighted by molar-refractivity contribution is 0.0950. The average Bonchev–Trinajstić information content (AvgIpc) is 2.61. The number of anilines is 1. The van der Waals surface area contributed by atoms with E-state index in [9.17, 15) is 27.2 Å². The molecule has 0 aliphatic rings. The van der Waals surface area contributed by atoms with Crippen LogP contribution < -0.4 is 10.6 Å². The van der Waals surface area contributed by atoms with Crippen LogP contribution in [0.5, 0.6) is 0 Å². The molecule has 4 nitrogen and oxygen atoms in total.